The maximum absolute atomic E-state index is 16.2. The fourth-order valence-corrected chi connectivity index (χ4v) is 9.44. The lowest BCUT2D eigenvalue weighted by Gasteiger charge is -2.64. The van der Waals surface area contributed by atoms with Gasteiger partial charge >= 0.3 is 29.4 Å². The fourth-order valence-electron chi connectivity index (χ4n) is 8.59. The quantitative estimate of drug-likeness (QED) is 0.121. The van der Waals surface area contributed by atoms with Crippen molar-refractivity contribution < 1.29 is 59.8 Å². The standard InChI is InChI=1S/C43H55BF2N4O11S/c1-40(2,3)58-38(52)33-28(45)17-16-25(36(33)56-10)18-32(44-60-31-20-26-19-30(42(26,7)8)43(31,9)61-44)48-37(51)35(49-62(54,55)50-39(53)59-41(4,5)6)34-29(46)21-27(22-47-34)57-23-24-14-12-11-13-15-24/h11-17,21-22,26,30-32,35,49H,18-20,23H2,1-10H3,(H,48,51)(H,50,53)/t26-,30-,31+,32-,35?,43-/m0/s1. The monoisotopic (exact) mass is 884 g/mol. The Morgan fingerprint density at radius 2 is 1.65 bits per heavy atom. The lowest BCUT2D eigenvalue weighted by atomic mass is 9.43. The van der Waals surface area contributed by atoms with Crippen molar-refractivity contribution in [3.05, 3.63) is 88.7 Å². The van der Waals surface area contributed by atoms with E-state index in [1.54, 1.807) is 49.8 Å². The highest BCUT2D eigenvalue weighted by atomic mass is 32.2. The molecule has 3 saturated carbocycles. The SMILES string of the molecule is COc1c(C[C@H](NC(=O)C(NS(=O)(=O)NC(=O)OC(C)(C)C)c2ncc(OCc3ccccc3)cc2F)B2O[C@@H]3C[C@@H]4C[C@@H](C4(C)C)[C@]3(C)O2)ccc(F)c1C(=O)OC(C)(C)C. The number of hydrogen-bond donors (Lipinski definition) is 3. The van der Waals surface area contributed by atoms with E-state index in [2.05, 4.69) is 24.1 Å². The van der Waals surface area contributed by atoms with Gasteiger partial charge < -0.3 is 33.6 Å². The molecule has 15 nitrogen and oxygen atoms in total. The smallest absolute Gasteiger partial charge is 0.482 e. The van der Waals surface area contributed by atoms with Crippen LogP contribution in [-0.4, -0.2) is 74.4 Å². The van der Waals surface area contributed by atoms with Crippen molar-refractivity contribution in [1.82, 2.24) is 19.7 Å². The van der Waals surface area contributed by atoms with Crippen LogP contribution in [0, 0.1) is 28.9 Å². The van der Waals surface area contributed by atoms with Crippen molar-refractivity contribution in [2.45, 2.75) is 123 Å². The maximum Gasteiger partial charge on any atom is 0.482 e. The van der Waals surface area contributed by atoms with Gasteiger partial charge in [-0.25, -0.2) is 23.1 Å². The zero-order chi connectivity index (χ0) is 45.6. The van der Waals surface area contributed by atoms with Crippen LogP contribution in [0.5, 0.6) is 11.5 Å². The minimum absolute atomic E-state index is 0.0176. The summed E-state index contributed by atoms with van der Waals surface area (Å²) in [6.07, 6.45) is 0.724. The second kappa shape index (κ2) is 17.4. The van der Waals surface area contributed by atoms with E-state index in [1.165, 1.54) is 33.9 Å². The Hall–Kier alpha value is -4.85. The third-order valence-corrected chi connectivity index (χ3v) is 12.6. The highest BCUT2D eigenvalue weighted by Crippen LogP contribution is 2.65. The highest BCUT2D eigenvalue weighted by molar-refractivity contribution is 7.88. The number of nitrogens with one attached hydrogen (secondary N) is 3. The average Bonchev–Trinajstić information content (AvgIpc) is 3.52. The van der Waals surface area contributed by atoms with Gasteiger partial charge in [0.05, 0.1) is 31.0 Å². The summed E-state index contributed by atoms with van der Waals surface area (Å²) < 4.78 is 97.6. The molecule has 3 aliphatic carbocycles. The lowest BCUT2D eigenvalue weighted by molar-refractivity contribution is -0.199. The van der Waals surface area contributed by atoms with E-state index in [0.29, 0.717) is 12.3 Å². The first-order valence-corrected chi connectivity index (χ1v) is 21.9. The number of rotatable bonds is 14. The van der Waals surface area contributed by atoms with Gasteiger partial charge in [0.2, 0.25) is 5.91 Å². The summed E-state index contributed by atoms with van der Waals surface area (Å²) in [5.74, 6) is -5.12. The minimum atomic E-state index is -4.97. The topological polar surface area (TPSA) is 190 Å². The minimum Gasteiger partial charge on any atom is -0.495 e. The molecule has 2 amide bonds. The Morgan fingerprint density at radius 1 is 0.968 bits per heavy atom. The Morgan fingerprint density at radius 3 is 2.26 bits per heavy atom. The Kier molecular flexibility index (Phi) is 13.1. The number of methoxy groups -OCH3 is 1. The van der Waals surface area contributed by atoms with E-state index in [9.17, 15) is 22.8 Å². The Bertz CT molecular complexity index is 2290. The van der Waals surface area contributed by atoms with Gasteiger partial charge in [-0.05, 0) is 102 Å². The van der Waals surface area contributed by atoms with E-state index in [4.69, 9.17) is 28.3 Å². The summed E-state index contributed by atoms with van der Waals surface area (Å²) in [4.78, 5) is 44.7. The molecule has 1 unspecified atom stereocenters. The predicted molar refractivity (Wildman–Crippen MR) is 223 cm³/mol. The van der Waals surface area contributed by atoms with Crippen molar-refractivity contribution >= 4 is 35.3 Å². The number of pyridine rings is 1. The molecule has 0 radical (unpaired) electrons. The first-order valence-electron chi connectivity index (χ1n) is 20.4. The molecule has 4 fully saturated rings. The summed E-state index contributed by atoms with van der Waals surface area (Å²) in [5.41, 5.74) is -3.08. The summed E-state index contributed by atoms with van der Waals surface area (Å²) in [6, 6.07) is 10.3. The number of hydrogen-bond acceptors (Lipinski definition) is 12. The first kappa shape index (κ1) is 46.7. The molecule has 19 heteroatoms. The van der Waals surface area contributed by atoms with Gasteiger partial charge in [-0.3, -0.25) is 9.78 Å². The molecule has 3 N–H and O–H groups in total. The predicted octanol–water partition coefficient (Wildman–Crippen LogP) is 6.30. The van der Waals surface area contributed by atoms with Crippen molar-refractivity contribution in [2.24, 2.45) is 17.3 Å². The van der Waals surface area contributed by atoms with Gasteiger partial charge in [0, 0.05) is 6.07 Å². The molecule has 6 atom stereocenters. The number of carbonyl (C=O) groups is 3. The van der Waals surface area contributed by atoms with Gasteiger partial charge in [0.25, 0.3) is 0 Å². The molecule has 1 aromatic heterocycles. The van der Waals surface area contributed by atoms with Crippen molar-refractivity contribution in [3.63, 3.8) is 0 Å². The second-order valence-corrected chi connectivity index (χ2v) is 20.2. The molecule has 4 aliphatic rings. The summed E-state index contributed by atoms with van der Waals surface area (Å²) in [6.45, 7) is 15.8. The maximum atomic E-state index is 16.2. The van der Waals surface area contributed by atoms with Gasteiger partial charge in [0.15, 0.2) is 5.82 Å². The van der Waals surface area contributed by atoms with Crippen LogP contribution >= 0.6 is 0 Å². The van der Waals surface area contributed by atoms with Crippen molar-refractivity contribution in [2.75, 3.05) is 7.11 Å². The van der Waals surface area contributed by atoms with Crippen LogP contribution in [0.25, 0.3) is 0 Å². The first-order chi connectivity index (χ1) is 28.8. The fraction of sp³-hybridized carbons (Fsp3) is 0.535. The molecule has 7 rings (SSSR count). The number of esters is 1. The number of amides is 2. The van der Waals surface area contributed by atoms with Crippen LogP contribution in [0.3, 0.4) is 0 Å². The van der Waals surface area contributed by atoms with Gasteiger partial charge in [-0.2, -0.15) is 13.1 Å². The van der Waals surface area contributed by atoms with Crippen LogP contribution < -0.4 is 24.2 Å². The van der Waals surface area contributed by atoms with Gasteiger partial charge in [-0.15, -0.1) is 0 Å². The van der Waals surface area contributed by atoms with E-state index in [-0.39, 0.29) is 47.5 Å². The molecule has 2 heterocycles. The zero-order valence-electron chi connectivity index (χ0n) is 36.6. The van der Waals surface area contributed by atoms with E-state index in [0.717, 1.165) is 30.3 Å². The lowest BCUT2D eigenvalue weighted by Crippen LogP contribution is -2.65. The summed E-state index contributed by atoms with van der Waals surface area (Å²) >= 11 is 0. The van der Waals surface area contributed by atoms with Gasteiger partial charge in [-0.1, -0.05) is 50.2 Å². The van der Waals surface area contributed by atoms with Crippen LogP contribution in [0.2, 0.25) is 0 Å². The van der Waals surface area contributed by atoms with E-state index >= 15 is 8.78 Å². The van der Waals surface area contributed by atoms with Crippen LogP contribution in [-0.2, 0) is 46.8 Å². The van der Waals surface area contributed by atoms with Gasteiger partial charge in [0.1, 0.15) is 52.4 Å². The number of benzene rings is 2. The zero-order valence-corrected chi connectivity index (χ0v) is 37.4. The number of carbonyl (C=O) groups excluding carboxylic acids is 3. The van der Waals surface area contributed by atoms with E-state index < -0.39 is 87.0 Å². The third-order valence-electron chi connectivity index (χ3n) is 11.6. The molecule has 62 heavy (non-hydrogen) atoms. The number of aromatic nitrogens is 1. The second-order valence-electron chi connectivity index (χ2n) is 18.7. The largest absolute Gasteiger partial charge is 0.495 e. The third kappa shape index (κ3) is 10.3. The van der Waals surface area contributed by atoms with Crippen LogP contribution in [0.1, 0.15) is 108 Å². The normalized spacial score (nSPS) is 22.6. The van der Waals surface area contributed by atoms with Crippen LogP contribution in [0.4, 0.5) is 13.6 Å². The summed E-state index contributed by atoms with van der Waals surface area (Å²) in [5, 5.41) is 2.77. The molecule has 336 valence electrons. The number of halogens is 2. The Labute approximate surface area is 361 Å². The molecular formula is C43H55BF2N4O11S. The van der Waals surface area contributed by atoms with Crippen LogP contribution in [0.15, 0.2) is 54.7 Å². The molecule has 2 bridgehead atoms. The molecule has 1 saturated heterocycles. The molecule has 3 aromatic rings. The van der Waals surface area contributed by atoms with Crippen molar-refractivity contribution in [3.8, 4) is 11.5 Å². The number of nitrogens with zero attached hydrogens (tertiary/aromatic N) is 1. The summed E-state index contributed by atoms with van der Waals surface area (Å²) in [7, 11) is -4.91. The molecule has 1 aliphatic heterocycles. The average molecular weight is 885 g/mol. The number of ether oxygens (including phenoxy) is 4. The molecule has 0 spiro atoms. The van der Waals surface area contributed by atoms with Crippen molar-refractivity contribution in [1.29, 1.82) is 0 Å². The molecular weight excluding hydrogens is 829 g/mol. The molecule has 2 aromatic carbocycles. The van der Waals surface area contributed by atoms with E-state index in [1.807, 2.05) is 17.7 Å². The highest BCUT2D eigenvalue weighted by Gasteiger charge is 2.68. The Balaban J connectivity index is 1.37.